The molecule has 0 amide bonds. The van der Waals surface area contributed by atoms with Crippen LogP contribution in [0, 0.1) is 0 Å². The standard InChI is InChI=1S/2C6H8O7.5CH2O3.6Na/c2*7-3(8)1-6(13,5(11)12)2-4(9)10;5*2-1(3)4;;;;;;/h2*13H,1-2H2,(H,7,8)(H,9,10)(H,11,12);5*(H2,2,3,4);;;;;;/q;;;;;;;6*+1/p-6. The first-order valence-corrected chi connectivity index (χ1v) is 9.48. The molecule has 0 spiro atoms. The molecular weight excluding hydrogens is 806 g/mol. The second-order valence-electron chi connectivity index (χ2n) is 6.25. The average molecular weight is 826 g/mol. The van der Waals surface area contributed by atoms with Gasteiger partial charge in [-0.05, 0) is 0 Å². The Morgan fingerprint density at radius 1 is 0.308 bits per heavy atom. The monoisotopic (exact) mass is 826 g/mol. The molecule has 0 rings (SSSR count). The summed E-state index contributed by atoms with van der Waals surface area (Å²) in [5.74, 6) is -12.0. The molecule has 0 bridgehead atoms. The Morgan fingerprint density at radius 3 is 0.423 bits per heavy atom. The molecule has 0 aromatic rings. The van der Waals surface area contributed by atoms with Gasteiger partial charge in [-0.25, -0.2) is 24.0 Å². The number of hydrogen-bond donors (Lipinski definition) is 12. The Kier molecular flexibility index (Phi) is 88.7. The summed E-state index contributed by atoms with van der Waals surface area (Å²) in [6.45, 7) is 0. The Hall–Kier alpha value is -0.910. The minimum absolute atomic E-state index is 0. The minimum atomic E-state index is -2.97. The summed E-state index contributed by atoms with van der Waals surface area (Å²) in [4.78, 5) is 103. The Bertz CT molecular complexity index is 892. The zero-order valence-corrected chi connectivity index (χ0v) is 39.6. The van der Waals surface area contributed by atoms with E-state index in [1.54, 1.807) is 0 Å². The number of carbonyl (C=O) groups excluding carboxylic acids is 6. The summed E-state index contributed by atoms with van der Waals surface area (Å²) in [7, 11) is 0. The van der Waals surface area contributed by atoms with Gasteiger partial charge in [0.2, 0.25) is 0 Å². The number of aliphatic carboxylic acids is 6. The fourth-order valence-corrected chi connectivity index (χ4v) is 1.37. The van der Waals surface area contributed by atoms with Crippen molar-refractivity contribution < 1.29 is 322 Å². The first-order valence-electron chi connectivity index (χ1n) is 9.48. The zero-order valence-electron chi connectivity index (χ0n) is 27.6. The van der Waals surface area contributed by atoms with Crippen LogP contribution in [-0.2, 0) is 28.8 Å². The van der Waals surface area contributed by atoms with Crippen molar-refractivity contribution in [2.75, 3.05) is 0 Å². The van der Waals surface area contributed by atoms with Gasteiger partial charge >= 0.3 is 208 Å². The summed E-state index contributed by atoms with van der Waals surface area (Å²) >= 11 is 0. The van der Waals surface area contributed by atoms with E-state index in [2.05, 4.69) is 0 Å². The van der Waals surface area contributed by atoms with Gasteiger partial charge in [0.1, 0.15) is 11.2 Å². The van der Waals surface area contributed by atoms with Crippen molar-refractivity contribution in [2.24, 2.45) is 0 Å². The number of carboxylic acids is 6. The van der Waals surface area contributed by atoms with Crippen LogP contribution in [0.1, 0.15) is 25.7 Å². The number of aliphatic hydroxyl groups is 2. The molecule has 0 saturated carbocycles. The molecule has 0 saturated heterocycles. The van der Waals surface area contributed by atoms with Crippen LogP contribution in [0.15, 0.2) is 0 Å². The maximum atomic E-state index is 10.1. The van der Waals surface area contributed by atoms with Gasteiger partial charge < -0.3 is 121 Å². The quantitative estimate of drug-likeness (QED) is 0.0910. The summed E-state index contributed by atoms with van der Waals surface area (Å²) in [6, 6.07) is 0. The Labute approximate surface area is 419 Å². The first kappa shape index (κ1) is 88.4. The van der Waals surface area contributed by atoms with Gasteiger partial charge in [-0.3, -0.25) is 0 Å². The van der Waals surface area contributed by atoms with Crippen molar-refractivity contribution in [1.82, 2.24) is 0 Å². The molecule has 0 aromatic heterocycles. The predicted molar refractivity (Wildman–Crippen MR) is 112 cm³/mol. The Morgan fingerprint density at radius 2 is 0.385 bits per heavy atom. The summed E-state index contributed by atoms with van der Waals surface area (Å²) in [5, 5.41) is 148. The molecule has 0 fully saturated rings. The van der Waals surface area contributed by atoms with E-state index < -0.39 is 103 Å². The predicted octanol–water partition coefficient (Wildman–Crippen LogP) is -27.4. The fraction of sp³-hybridized carbons (Fsp3) is 0.353. The van der Waals surface area contributed by atoms with E-state index in [-0.39, 0.29) is 177 Å². The summed E-state index contributed by atoms with van der Waals surface area (Å²) in [5.41, 5.74) is -5.95. The molecule has 0 radical (unpaired) electrons. The van der Waals surface area contributed by atoms with Crippen LogP contribution in [0.25, 0.3) is 0 Å². The third kappa shape index (κ3) is 117. The van der Waals surface area contributed by atoms with E-state index >= 15 is 0 Å². The maximum absolute atomic E-state index is 10.1. The number of carboxylic acid groups (broad SMARTS) is 16. The van der Waals surface area contributed by atoms with E-state index in [9.17, 15) is 59.4 Å². The minimum Gasteiger partial charge on any atom is -0.550 e. The largest absolute Gasteiger partial charge is 1.00 e. The van der Waals surface area contributed by atoms with Gasteiger partial charge in [0, 0.05) is 49.6 Å². The molecule has 0 unspecified atom stereocenters. The molecule has 0 aliphatic heterocycles. The van der Waals surface area contributed by atoms with Crippen LogP contribution in [0.4, 0.5) is 24.0 Å². The SMILES string of the molecule is O=C(O)O.O=C(O)O.O=C(O)O.O=C(O)O.O=C(O)O.O=C([O-])CC(O)(CC(=O)[O-])C(=O)[O-].O=C([O-])CC(O)(CC(=O)[O-])C(=O)[O-].[Na+].[Na+].[Na+].[Na+].[Na+].[Na+]. The summed E-state index contributed by atoms with van der Waals surface area (Å²) < 4.78 is 0. The third-order valence-electron chi connectivity index (χ3n) is 2.51. The topological polar surface area (TPSA) is 569 Å². The molecular formula is C17H20Na6O29. The van der Waals surface area contributed by atoms with Crippen LogP contribution in [0.3, 0.4) is 0 Å². The molecule has 12 N–H and O–H groups in total. The molecule has 29 nitrogen and oxygen atoms in total. The van der Waals surface area contributed by atoms with Gasteiger partial charge in [0.05, 0.1) is 11.9 Å². The Balaban J connectivity index is -0.0000000329. The van der Waals surface area contributed by atoms with Crippen LogP contribution in [-0.4, -0.2) is 139 Å². The van der Waals surface area contributed by atoms with Crippen molar-refractivity contribution in [3.63, 3.8) is 0 Å². The van der Waals surface area contributed by atoms with Crippen LogP contribution < -0.4 is 208 Å². The van der Waals surface area contributed by atoms with Crippen LogP contribution >= 0.6 is 0 Å². The number of rotatable bonds is 10. The van der Waals surface area contributed by atoms with Crippen molar-refractivity contribution in [3.8, 4) is 0 Å². The molecule has 0 atom stereocenters. The molecule has 52 heavy (non-hydrogen) atoms. The van der Waals surface area contributed by atoms with Crippen LogP contribution in [0.5, 0.6) is 0 Å². The molecule has 35 heteroatoms. The smallest absolute Gasteiger partial charge is 0.550 e. The molecule has 268 valence electrons. The second kappa shape index (κ2) is 52.2. The molecule has 0 aromatic carbocycles. The normalized spacial score (nSPS) is 7.73. The van der Waals surface area contributed by atoms with Crippen molar-refractivity contribution in [3.05, 3.63) is 0 Å². The van der Waals surface area contributed by atoms with Crippen molar-refractivity contribution in [1.29, 1.82) is 0 Å². The van der Waals surface area contributed by atoms with E-state index in [4.69, 9.17) is 85.3 Å². The average Bonchev–Trinajstić information content (AvgIpc) is 2.69. The molecule has 0 heterocycles. The summed E-state index contributed by atoms with van der Waals surface area (Å²) in [6.07, 6.45) is -14.6. The van der Waals surface area contributed by atoms with Crippen molar-refractivity contribution >= 4 is 66.6 Å². The fourth-order valence-electron chi connectivity index (χ4n) is 1.37. The van der Waals surface area contributed by atoms with Gasteiger partial charge in [0.15, 0.2) is 0 Å². The van der Waals surface area contributed by atoms with Crippen LogP contribution in [0.2, 0.25) is 0 Å². The molecule has 0 aliphatic carbocycles. The maximum Gasteiger partial charge on any atom is 1.00 e. The molecule has 0 aliphatic rings. The van der Waals surface area contributed by atoms with E-state index in [0.717, 1.165) is 0 Å². The second-order valence-corrected chi connectivity index (χ2v) is 6.25. The van der Waals surface area contributed by atoms with Gasteiger partial charge in [0.25, 0.3) is 0 Å². The van der Waals surface area contributed by atoms with Crippen molar-refractivity contribution in [2.45, 2.75) is 36.9 Å². The zero-order chi connectivity index (χ0) is 39.2. The van der Waals surface area contributed by atoms with Gasteiger partial charge in [-0.15, -0.1) is 0 Å². The third-order valence-corrected chi connectivity index (χ3v) is 2.51. The van der Waals surface area contributed by atoms with Gasteiger partial charge in [-0.1, -0.05) is 0 Å². The van der Waals surface area contributed by atoms with Gasteiger partial charge in [-0.2, -0.15) is 0 Å². The van der Waals surface area contributed by atoms with E-state index in [0.29, 0.717) is 0 Å². The van der Waals surface area contributed by atoms with E-state index in [1.165, 1.54) is 0 Å². The first-order chi connectivity index (χ1) is 20.2. The number of carbonyl (C=O) groups is 11. The van der Waals surface area contributed by atoms with E-state index in [1.807, 2.05) is 0 Å². The number of hydrogen-bond acceptors (Lipinski definition) is 19.